The van der Waals surface area contributed by atoms with Crippen LogP contribution in [-0.4, -0.2) is 59.8 Å². The smallest absolute Gasteiger partial charge is 0.160 e. The van der Waals surface area contributed by atoms with Crippen LogP contribution in [0, 0.1) is 0 Å². The van der Waals surface area contributed by atoms with Gasteiger partial charge in [-0.15, -0.1) is 0 Å². The van der Waals surface area contributed by atoms with Crippen LogP contribution in [-0.2, 0) is 5.41 Å². The molecule has 12 nitrogen and oxygen atoms in total. The van der Waals surface area contributed by atoms with E-state index in [2.05, 4.69) is 203 Å². The number of halogens is 4. The summed E-state index contributed by atoms with van der Waals surface area (Å²) in [5, 5.41) is 0. The fourth-order valence-electron chi connectivity index (χ4n) is 12.9. The van der Waals surface area contributed by atoms with E-state index in [4.69, 9.17) is 31.8 Å². The molecule has 107 heavy (non-hydrogen) atoms. The van der Waals surface area contributed by atoms with Crippen LogP contribution in [0.1, 0.15) is 31.8 Å². The maximum absolute atomic E-state index is 8.29. The molecule has 1 aliphatic carbocycles. The van der Waals surface area contributed by atoms with E-state index in [0.29, 0.717) is 34.3 Å². The lowest BCUT2D eigenvalue weighted by Crippen LogP contribution is -2.15. The first kappa shape index (κ1) is 63.5. The van der Waals surface area contributed by atoms with Crippen molar-refractivity contribution in [1.29, 1.82) is 0 Å². The van der Waals surface area contributed by atoms with Gasteiger partial charge < -0.3 is 0 Å². The van der Waals surface area contributed by atoms with Crippen molar-refractivity contribution in [3.8, 4) is 113 Å². The number of hydrogen-bond acceptors (Lipinski definition) is 12. The van der Waals surface area contributed by atoms with Gasteiger partial charge in [0.05, 0.1) is 28.9 Å². The molecule has 10 aromatic carbocycles. The van der Waals surface area contributed by atoms with Crippen LogP contribution in [0.15, 0.2) is 346 Å². The largest absolute Gasteiger partial charge is 0.252 e. The third-order valence-electron chi connectivity index (χ3n) is 18.1. The van der Waals surface area contributed by atoms with E-state index in [0.717, 1.165) is 107 Å². The molecule has 18 aromatic rings. The minimum absolute atomic E-state index is 0.00773. The molecular weight excluding hydrogens is 1580 g/mol. The third kappa shape index (κ3) is 15.1. The topological polar surface area (TPSA) is 155 Å². The second-order valence-electron chi connectivity index (χ2n) is 25.3. The number of aromatic nitrogens is 12. The number of benzene rings is 10. The highest BCUT2D eigenvalue weighted by Gasteiger charge is 2.35. The summed E-state index contributed by atoms with van der Waals surface area (Å²) in [5.41, 5.74) is 23.0. The van der Waals surface area contributed by atoms with E-state index in [1.165, 1.54) is 33.4 Å². The van der Waals surface area contributed by atoms with E-state index in [1.807, 2.05) is 176 Å². The number of pyridine rings is 4. The zero-order valence-electron chi connectivity index (χ0n) is 62.2. The average Bonchev–Trinajstić information content (AvgIpc) is 1.50. The second-order valence-corrected chi connectivity index (χ2v) is 29.0. The molecule has 0 atom stereocenters. The lowest BCUT2D eigenvalue weighted by Gasteiger charge is -2.22. The van der Waals surface area contributed by atoms with Crippen LogP contribution in [0.2, 0.25) is 0 Å². The van der Waals surface area contributed by atoms with Crippen molar-refractivity contribution in [2.45, 2.75) is 19.3 Å². The Morgan fingerprint density at radius 2 is 0.598 bits per heavy atom. The zero-order chi connectivity index (χ0) is 77.2. The van der Waals surface area contributed by atoms with Gasteiger partial charge in [-0.05, 0) is 137 Å². The Morgan fingerprint density at radius 1 is 0.252 bits per heavy atom. The molecule has 0 bridgehead atoms. The van der Waals surface area contributed by atoms with Gasteiger partial charge in [0.25, 0.3) is 0 Å². The van der Waals surface area contributed by atoms with Crippen LogP contribution in [0.3, 0.4) is 0 Å². The summed E-state index contributed by atoms with van der Waals surface area (Å²) >= 11 is 14.0. The van der Waals surface area contributed by atoms with E-state index >= 15 is 0 Å². The summed E-state index contributed by atoms with van der Waals surface area (Å²) < 4.78 is 44.2. The summed E-state index contributed by atoms with van der Waals surface area (Å²) in [5.74, 6) is 2.47. The summed E-state index contributed by atoms with van der Waals surface area (Å²) in [7, 11) is 0. The predicted molar refractivity (Wildman–Crippen MR) is 447 cm³/mol. The van der Waals surface area contributed by atoms with Gasteiger partial charge >= 0.3 is 0 Å². The molecule has 0 spiro atoms. The number of rotatable bonds is 9. The van der Waals surface area contributed by atoms with Crippen molar-refractivity contribution in [2.75, 3.05) is 0 Å². The number of nitrogens with zero attached hydrogens (tertiary/aromatic N) is 12. The fourth-order valence-corrected chi connectivity index (χ4v) is 14.4. The van der Waals surface area contributed by atoms with Gasteiger partial charge in [-0.3, -0.25) is 19.9 Å². The third-order valence-corrected chi connectivity index (χ3v) is 20.1. The van der Waals surface area contributed by atoms with Gasteiger partial charge in [-0.2, -0.15) is 0 Å². The van der Waals surface area contributed by atoms with Crippen LogP contribution >= 0.6 is 63.7 Å². The summed E-state index contributed by atoms with van der Waals surface area (Å²) in [6.07, 6.45) is 6.92. The summed E-state index contributed by atoms with van der Waals surface area (Å²) in [6.45, 7) is 4.59. The Kier molecular flexibility index (Phi) is 18.4. The molecule has 1 aliphatic rings. The SMILES string of the molecule is Brc1cccc(-c2nc(-c3ccc(-c4ccccc4)cc3)c3ncccc3n2)c1.Brc1cccc(-c2nc(-c3ccccc3)c3ncccc3n2)c1.CC1(C)c2ccccc2-c2ccc(-c3nc(-c4ccc(Br)cc4)nc4cccnc34)cc21.[2H]c1c([2H])c([2H])c(-c2nc(-c3cccc(Br)c3)nc3cccnc23)c([2H])c1[2H]. The van der Waals surface area contributed by atoms with Crippen LogP contribution in [0.4, 0.5) is 0 Å². The van der Waals surface area contributed by atoms with Gasteiger partial charge in [-0.25, -0.2) is 39.9 Å². The van der Waals surface area contributed by atoms with Gasteiger partial charge in [0.2, 0.25) is 0 Å². The van der Waals surface area contributed by atoms with E-state index < -0.39 is 18.1 Å². The molecule has 8 heterocycles. The minimum atomic E-state index is -0.447. The maximum Gasteiger partial charge on any atom is 0.160 e. The Hall–Kier alpha value is -11.9. The van der Waals surface area contributed by atoms with Crippen LogP contribution in [0.25, 0.3) is 157 Å². The Bertz CT molecular complexity index is 6600. The molecular formula is C91H60Br4N12. The van der Waals surface area contributed by atoms with Crippen molar-refractivity contribution in [1.82, 2.24) is 59.8 Å². The monoisotopic (exact) mass is 1640 g/mol. The normalized spacial score (nSPS) is 12.4. The highest BCUT2D eigenvalue weighted by molar-refractivity contribution is 9.11. The fraction of sp³-hybridized carbons (Fsp3) is 0.0330. The molecule has 512 valence electrons. The molecule has 0 saturated carbocycles. The molecule has 0 amide bonds. The predicted octanol–water partition coefficient (Wildman–Crippen LogP) is 24.5. The first-order valence-corrected chi connectivity index (χ1v) is 37.2. The standard InChI is InChI=1S/C28H20BrN3.C25H16BrN3.2C19H12BrN3/c1-28(2)22-7-4-3-6-20(22)21-14-11-18(16-23(21)28)25-26-24(8-5-15-30-26)31-27(32-25)17-9-12-19(29)13-10-17;26-21-9-4-8-20(16-21)25-28-22-10-5-15-27-24(22)23(29-25)19-13-11-18(12-14-19)17-6-2-1-3-7-17;2*20-15-9-4-8-14(12-15)19-22-16-10-5-11-21-18(16)17(23-19)13-6-2-1-3-7-13/h3-16H,1-2H3;1-16H;2*1-12H/i;;1D,2D,3D,6D,7D;. The molecule has 19 rings (SSSR count). The highest BCUT2D eigenvalue weighted by atomic mass is 79.9. The van der Waals surface area contributed by atoms with E-state index in [9.17, 15) is 0 Å². The van der Waals surface area contributed by atoms with Gasteiger partial charge in [0.1, 0.15) is 44.8 Å². The van der Waals surface area contributed by atoms with Crippen molar-refractivity contribution >= 4 is 108 Å². The lowest BCUT2D eigenvalue weighted by atomic mass is 9.82. The van der Waals surface area contributed by atoms with Crippen LogP contribution < -0.4 is 0 Å². The van der Waals surface area contributed by atoms with Crippen molar-refractivity contribution in [2.24, 2.45) is 0 Å². The molecule has 0 fully saturated rings. The molecule has 16 heteroatoms. The lowest BCUT2D eigenvalue weighted by molar-refractivity contribution is 0.660. The quantitative estimate of drug-likeness (QED) is 0.135. The zero-order valence-corrected chi connectivity index (χ0v) is 63.5. The minimum Gasteiger partial charge on any atom is -0.252 e. The average molecular weight is 1650 g/mol. The molecule has 0 unspecified atom stereocenters. The Balaban J connectivity index is 0.000000114. The van der Waals surface area contributed by atoms with Gasteiger partial charge in [0.15, 0.2) is 23.3 Å². The van der Waals surface area contributed by atoms with Crippen molar-refractivity contribution in [3.05, 3.63) is 357 Å². The molecule has 0 N–H and O–H groups in total. The van der Waals surface area contributed by atoms with Gasteiger partial charge in [-0.1, -0.05) is 278 Å². The Morgan fingerprint density at radius 3 is 1.06 bits per heavy atom. The Labute approximate surface area is 658 Å². The van der Waals surface area contributed by atoms with Crippen molar-refractivity contribution < 1.29 is 6.85 Å². The molecule has 0 aliphatic heterocycles. The molecule has 0 saturated heterocycles. The number of fused-ring (bicyclic) bond motifs is 7. The van der Waals surface area contributed by atoms with Crippen LogP contribution in [0.5, 0.6) is 0 Å². The number of hydrogen-bond donors (Lipinski definition) is 0. The first-order chi connectivity index (χ1) is 54.5. The summed E-state index contributed by atoms with van der Waals surface area (Å²) in [6, 6.07) is 89.1. The van der Waals surface area contributed by atoms with Crippen molar-refractivity contribution in [3.63, 3.8) is 0 Å². The van der Waals surface area contributed by atoms with E-state index in [-0.39, 0.29) is 28.8 Å². The highest BCUT2D eigenvalue weighted by Crippen LogP contribution is 2.50. The second kappa shape index (κ2) is 31.0. The maximum atomic E-state index is 8.29. The first-order valence-electron chi connectivity index (χ1n) is 36.6. The summed E-state index contributed by atoms with van der Waals surface area (Å²) in [4.78, 5) is 56.0. The molecule has 0 radical (unpaired) electrons. The molecule has 8 aromatic heterocycles. The van der Waals surface area contributed by atoms with E-state index in [1.54, 1.807) is 30.7 Å². The van der Waals surface area contributed by atoms with Gasteiger partial charge in [0, 0.05) is 92.6 Å².